The van der Waals surface area contributed by atoms with Gasteiger partial charge >= 0.3 is 124 Å². The summed E-state index contributed by atoms with van der Waals surface area (Å²) < 4.78 is 2.22. The van der Waals surface area contributed by atoms with Gasteiger partial charge in [0.05, 0.1) is 0 Å². The zero-order valence-corrected chi connectivity index (χ0v) is 17.5. The standard InChI is InChI=1S/C9H13.C8H11.2ClH.Zr/c1-6-5-7(2)9(4)8(6)3;1-6-4-7(2)8(3)5-6;;;/h6H,1-4H3;4-5H,1-3H3;2*1H;/q;;;;+2/p-2. The van der Waals surface area contributed by atoms with Gasteiger partial charge in [0.25, 0.3) is 0 Å². The zero-order chi connectivity index (χ0) is 13.7. The monoisotopic (exact) mass is 388 g/mol. The molecule has 0 fully saturated rings. The van der Waals surface area contributed by atoms with E-state index >= 15 is 0 Å². The molecule has 0 aromatic carbocycles. The first kappa shape index (κ1) is 20.4. The predicted molar refractivity (Wildman–Crippen MR) is 76.1 cm³/mol. The van der Waals surface area contributed by atoms with Crippen molar-refractivity contribution in [3.05, 3.63) is 43.3 Å². The topological polar surface area (TPSA) is 0 Å². The van der Waals surface area contributed by atoms with Gasteiger partial charge in [0, 0.05) is 0 Å². The number of hydrogen-bond donors (Lipinski definition) is 0. The third-order valence-electron chi connectivity index (χ3n) is 4.81. The van der Waals surface area contributed by atoms with Crippen LogP contribution in [0.1, 0.15) is 48.5 Å². The van der Waals surface area contributed by atoms with Crippen molar-refractivity contribution in [1.82, 2.24) is 0 Å². The number of hydrogen-bond acceptors (Lipinski definition) is 0. The summed E-state index contributed by atoms with van der Waals surface area (Å²) in [6, 6.07) is 0. The van der Waals surface area contributed by atoms with Gasteiger partial charge in [-0.15, -0.1) is 0 Å². The van der Waals surface area contributed by atoms with Gasteiger partial charge in [0.2, 0.25) is 0 Å². The molecule has 0 radical (unpaired) electrons. The van der Waals surface area contributed by atoms with Crippen molar-refractivity contribution < 1.29 is 48.0 Å². The largest absolute Gasteiger partial charge is 1.00 e. The van der Waals surface area contributed by atoms with Crippen molar-refractivity contribution in [3.8, 4) is 0 Å². The van der Waals surface area contributed by atoms with Crippen LogP contribution in [-0.4, -0.2) is 0 Å². The van der Waals surface area contributed by atoms with E-state index < -0.39 is 23.2 Å². The van der Waals surface area contributed by atoms with Crippen LogP contribution in [0.15, 0.2) is 43.3 Å². The smallest absolute Gasteiger partial charge is 1.00 e. The van der Waals surface area contributed by atoms with Gasteiger partial charge in [0.1, 0.15) is 0 Å². The molecule has 0 N–H and O–H groups in total. The van der Waals surface area contributed by atoms with Gasteiger partial charge in [-0.25, -0.2) is 0 Å². The summed E-state index contributed by atoms with van der Waals surface area (Å²) in [4.78, 5) is 0. The molecule has 0 nitrogen and oxygen atoms in total. The minimum atomic E-state index is -0.602. The fourth-order valence-corrected chi connectivity index (χ4v) is 7.84. The summed E-state index contributed by atoms with van der Waals surface area (Å²) in [5, 5.41) is 0. The minimum absolute atomic E-state index is 0. The summed E-state index contributed by atoms with van der Waals surface area (Å²) in [5.74, 6) is 0.704. The first-order chi connectivity index (χ1) is 8.26. The summed E-state index contributed by atoms with van der Waals surface area (Å²) in [6.45, 7) is 16.4. The van der Waals surface area contributed by atoms with Crippen LogP contribution in [-0.2, 0) is 23.2 Å². The van der Waals surface area contributed by atoms with Crippen molar-refractivity contribution in [1.29, 1.82) is 0 Å². The van der Waals surface area contributed by atoms with Crippen LogP contribution in [0.3, 0.4) is 0 Å². The molecule has 0 bridgehead atoms. The third kappa shape index (κ3) is 3.42. The molecule has 0 aromatic heterocycles. The fourth-order valence-electron chi connectivity index (χ4n) is 3.08. The van der Waals surface area contributed by atoms with Crippen LogP contribution >= 0.6 is 0 Å². The van der Waals surface area contributed by atoms with Crippen LogP contribution in [0.4, 0.5) is 0 Å². The fraction of sp³-hybridized carbons (Fsp3) is 0.529. The molecule has 0 amide bonds. The van der Waals surface area contributed by atoms with Crippen molar-refractivity contribution in [2.45, 2.75) is 51.6 Å². The van der Waals surface area contributed by atoms with Crippen LogP contribution in [0.25, 0.3) is 0 Å². The maximum absolute atomic E-state index is 2.52. The zero-order valence-electron chi connectivity index (χ0n) is 13.5. The quantitative estimate of drug-likeness (QED) is 0.592. The van der Waals surface area contributed by atoms with E-state index in [4.69, 9.17) is 0 Å². The van der Waals surface area contributed by atoms with E-state index in [0.29, 0.717) is 9.04 Å². The summed E-state index contributed by atoms with van der Waals surface area (Å²) >= 11 is -0.602. The first-order valence-corrected chi connectivity index (χ1v) is 9.27. The minimum Gasteiger partial charge on any atom is -1.00 e. The summed E-state index contributed by atoms with van der Waals surface area (Å²) in [6.07, 6.45) is 4.90. The van der Waals surface area contributed by atoms with E-state index in [9.17, 15) is 0 Å². The molecular weight excluding hydrogens is 366 g/mol. The Balaban J connectivity index is 0.00000180. The van der Waals surface area contributed by atoms with Crippen molar-refractivity contribution >= 4 is 0 Å². The SMILES string of the molecule is CC1=C[C](C)([Zr+2][C]2=C(C)C(C)=C(C)C2C)C(C)=C1.[Cl-].[Cl-]. The Hall–Kier alpha value is 0.423. The Morgan fingerprint density at radius 3 is 1.90 bits per heavy atom. The van der Waals surface area contributed by atoms with Gasteiger partial charge in [-0.1, -0.05) is 0 Å². The van der Waals surface area contributed by atoms with Crippen molar-refractivity contribution in [2.75, 3.05) is 0 Å². The Bertz CT molecular complexity index is 523. The number of rotatable bonds is 2. The molecule has 2 rings (SSSR count). The van der Waals surface area contributed by atoms with Gasteiger partial charge in [-0.3, -0.25) is 0 Å². The Kier molecular flexibility index (Phi) is 7.27. The second kappa shape index (κ2) is 7.12. The molecule has 2 atom stereocenters. The second-order valence-electron chi connectivity index (χ2n) is 6.11. The van der Waals surface area contributed by atoms with Crippen LogP contribution in [0.5, 0.6) is 0 Å². The van der Waals surface area contributed by atoms with Gasteiger partial charge in [-0.05, 0) is 0 Å². The molecule has 0 saturated heterocycles. The number of allylic oxidation sites excluding steroid dienone is 8. The van der Waals surface area contributed by atoms with Crippen LogP contribution in [0, 0.1) is 5.92 Å². The Morgan fingerprint density at radius 1 is 1.00 bits per heavy atom. The van der Waals surface area contributed by atoms with E-state index in [-0.39, 0.29) is 24.8 Å². The van der Waals surface area contributed by atoms with Gasteiger partial charge in [-0.2, -0.15) is 0 Å². The Morgan fingerprint density at radius 2 is 1.55 bits per heavy atom. The molecule has 3 heteroatoms. The Labute approximate surface area is 148 Å². The van der Waals surface area contributed by atoms with E-state index in [1.54, 1.807) is 22.3 Å². The molecule has 0 spiro atoms. The molecule has 0 heterocycles. The van der Waals surface area contributed by atoms with E-state index in [0.717, 1.165) is 0 Å². The summed E-state index contributed by atoms with van der Waals surface area (Å²) in [7, 11) is 0. The van der Waals surface area contributed by atoms with Gasteiger partial charge < -0.3 is 24.8 Å². The molecule has 2 aliphatic rings. The second-order valence-corrected chi connectivity index (χ2v) is 10.6. The molecule has 0 aliphatic heterocycles. The maximum Gasteiger partial charge on any atom is -1.00 e. The van der Waals surface area contributed by atoms with E-state index in [1.807, 2.05) is 3.28 Å². The van der Waals surface area contributed by atoms with Crippen LogP contribution < -0.4 is 24.8 Å². The molecular formula is C17H24Cl2Zr. The molecule has 20 heavy (non-hydrogen) atoms. The predicted octanol–water partition coefficient (Wildman–Crippen LogP) is -0.578. The van der Waals surface area contributed by atoms with Crippen molar-refractivity contribution in [2.24, 2.45) is 5.92 Å². The van der Waals surface area contributed by atoms with E-state index in [1.165, 1.54) is 5.57 Å². The van der Waals surface area contributed by atoms with Crippen molar-refractivity contribution in [3.63, 3.8) is 0 Å². The molecule has 2 unspecified atom stereocenters. The first-order valence-electron chi connectivity index (χ1n) is 6.81. The average molecular weight is 391 g/mol. The average Bonchev–Trinajstić information content (AvgIpc) is 2.64. The molecule has 110 valence electrons. The van der Waals surface area contributed by atoms with Gasteiger partial charge in [0.15, 0.2) is 0 Å². The molecule has 2 aliphatic carbocycles. The van der Waals surface area contributed by atoms with E-state index in [2.05, 4.69) is 60.6 Å². The maximum atomic E-state index is 2.52. The number of halogens is 2. The normalized spacial score (nSPS) is 28.6. The third-order valence-corrected chi connectivity index (χ3v) is 10.1. The summed E-state index contributed by atoms with van der Waals surface area (Å²) in [5.41, 5.74) is 7.82. The molecule has 0 saturated carbocycles. The molecule has 0 aromatic rings. The van der Waals surface area contributed by atoms with Crippen LogP contribution in [0.2, 0.25) is 3.12 Å².